The maximum Gasteiger partial charge on any atom is 0.222 e. The molecule has 0 saturated carbocycles. The van der Waals surface area contributed by atoms with Gasteiger partial charge < -0.3 is 14.4 Å². The maximum absolute atomic E-state index is 11.4. The van der Waals surface area contributed by atoms with Gasteiger partial charge in [0.1, 0.15) is 0 Å². The van der Waals surface area contributed by atoms with Gasteiger partial charge in [-0.2, -0.15) is 23.5 Å². The smallest absolute Gasteiger partial charge is 0.222 e. The molecule has 19 heavy (non-hydrogen) atoms. The number of carbonyl (C=O) groups is 1. The lowest BCUT2D eigenvalue weighted by Gasteiger charge is -2.14. The molecule has 0 aromatic rings. The zero-order chi connectivity index (χ0) is 13.8. The highest BCUT2D eigenvalue weighted by Crippen LogP contribution is 2.10. The fourth-order valence-corrected chi connectivity index (χ4v) is 2.87. The van der Waals surface area contributed by atoms with E-state index in [9.17, 15) is 4.79 Å². The van der Waals surface area contributed by atoms with Crippen LogP contribution in [0.2, 0.25) is 0 Å². The van der Waals surface area contributed by atoms with Crippen LogP contribution >= 0.6 is 23.5 Å². The molecule has 6 heteroatoms. The summed E-state index contributed by atoms with van der Waals surface area (Å²) in [5.74, 6) is 3.37. The average Bonchev–Trinajstić information content (AvgIpc) is 2.82. The summed E-state index contributed by atoms with van der Waals surface area (Å²) in [5.41, 5.74) is 0. The summed E-state index contributed by atoms with van der Waals surface area (Å²) >= 11 is 3.64. The van der Waals surface area contributed by atoms with Gasteiger partial charge in [0, 0.05) is 36.8 Å². The highest BCUT2D eigenvalue weighted by atomic mass is 32.2. The number of likely N-dealkylation sites (tertiary alicyclic amines) is 1. The first-order valence-corrected chi connectivity index (χ1v) is 9.39. The van der Waals surface area contributed by atoms with Gasteiger partial charge >= 0.3 is 0 Å². The van der Waals surface area contributed by atoms with E-state index in [4.69, 9.17) is 9.47 Å². The number of thioether (sulfide) groups is 2. The molecule has 1 saturated heterocycles. The van der Waals surface area contributed by atoms with Gasteiger partial charge in [0.05, 0.1) is 26.4 Å². The van der Waals surface area contributed by atoms with Crippen LogP contribution in [0.4, 0.5) is 0 Å². The number of hydrogen-bond acceptors (Lipinski definition) is 5. The summed E-state index contributed by atoms with van der Waals surface area (Å²) in [5, 5.41) is 0. The zero-order valence-electron chi connectivity index (χ0n) is 11.8. The predicted octanol–water partition coefficient (Wildman–Crippen LogP) is 1.74. The number of ether oxygens (including phenoxy) is 2. The minimum absolute atomic E-state index is 0.319. The quantitative estimate of drug-likeness (QED) is 0.514. The molecule has 1 aliphatic heterocycles. The molecule has 1 rings (SSSR count). The third-order valence-corrected chi connectivity index (χ3v) is 4.35. The van der Waals surface area contributed by atoms with Crippen LogP contribution in [0.3, 0.4) is 0 Å². The van der Waals surface area contributed by atoms with Gasteiger partial charge in [-0.05, 0) is 12.7 Å². The largest absolute Gasteiger partial charge is 0.378 e. The number of rotatable bonds is 12. The van der Waals surface area contributed by atoms with Crippen LogP contribution in [0.15, 0.2) is 0 Å². The van der Waals surface area contributed by atoms with Gasteiger partial charge in [0.2, 0.25) is 5.91 Å². The molecule has 1 amide bonds. The third kappa shape index (κ3) is 8.78. The Kier molecular flexibility index (Phi) is 10.7. The first-order valence-electron chi connectivity index (χ1n) is 6.84. The van der Waals surface area contributed by atoms with Crippen molar-refractivity contribution in [2.24, 2.45) is 0 Å². The van der Waals surface area contributed by atoms with Crippen molar-refractivity contribution in [1.29, 1.82) is 0 Å². The van der Waals surface area contributed by atoms with Gasteiger partial charge in [-0.3, -0.25) is 4.79 Å². The van der Waals surface area contributed by atoms with Crippen LogP contribution in [0, 0.1) is 0 Å². The highest BCUT2D eigenvalue weighted by Gasteiger charge is 2.18. The molecule has 1 heterocycles. The Bertz CT molecular complexity index is 242. The maximum atomic E-state index is 11.4. The van der Waals surface area contributed by atoms with Crippen molar-refractivity contribution in [1.82, 2.24) is 4.90 Å². The Morgan fingerprint density at radius 2 is 1.84 bits per heavy atom. The Labute approximate surface area is 125 Å². The molecule has 0 radical (unpaired) electrons. The first-order chi connectivity index (χ1) is 9.34. The second kappa shape index (κ2) is 11.9. The molecule has 0 aromatic carbocycles. The van der Waals surface area contributed by atoms with E-state index >= 15 is 0 Å². The van der Waals surface area contributed by atoms with Crippen molar-refractivity contribution < 1.29 is 14.3 Å². The van der Waals surface area contributed by atoms with E-state index in [0.29, 0.717) is 19.1 Å². The van der Waals surface area contributed by atoms with E-state index in [1.54, 1.807) is 11.8 Å². The summed E-state index contributed by atoms with van der Waals surface area (Å²) in [6.07, 6.45) is 3.85. The lowest BCUT2D eigenvalue weighted by atomic mass is 10.4. The first kappa shape index (κ1) is 17.1. The molecule has 0 aliphatic carbocycles. The molecule has 1 aliphatic rings. The van der Waals surface area contributed by atoms with Crippen LogP contribution in [0.25, 0.3) is 0 Å². The summed E-state index contributed by atoms with van der Waals surface area (Å²) < 4.78 is 10.9. The van der Waals surface area contributed by atoms with E-state index in [1.165, 1.54) is 0 Å². The molecule has 0 N–H and O–H groups in total. The molecule has 0 bridgehead atoms. The Hall–Kier alpha value is 0.0900. The molecule has 112 valence electrons. The van der Waals surface area contributed by atoms with Crippen molar-refractivity contribution in [2.45, 2.75) is 12.8 Å². The van der Waals surface area contributed by atoms with Crippen LogP contribution < -0.4 is 0 Å². The monoisotopic (exact) mass is 307 g/mol. The van der Waals surface area contributed by atoms with E-state index in [0.717, 1.165) is 56.4 Å². The van der Waals surface area contributed by atoms with Gasteiger partial charge in [-0.15, -0.1) is 0 Å². The fraction of sp³-hybridized carbons (Fsp3) is 0.923. The Balaban J connectivity index is 1.75. The SMILES string of the molecule is CSCCOCCOCCSCCN1CCCC1=O. The van der Waals surface area contributed by atoms with Crippen molar-refractivity contribution in [2.75, 3.05) is 63.0 Å². The second-order valence-corrected chi connectivity index (χ2v) is 6.52. The molecule has 0 spiro atoms. The Morgan fingerprint density at radius 3 is 2.47 bits per heavy atom. The van der Waals surface area contributed by atoms with Gasteiger partial charge in [-0.1, -0.05) is 0 Å². The number of hydrogen-bond donors (Lipinski definition) is 0. The molecular formula is C13H25NO3S2. The molecule has 0 atom stereocenters. The summed E-state index contributed by atoms with van der Waals surface area (Å²) in [6.45, 7) is 4.78. The molecular weight excluding hydrogens is 282 g/mol. The molecule has 0 unspecified atom stereocenters. The minimum Gasteiger partial charge on any atom is -0.378 e. The van der Waals surface area contributed by atoms with Crippen LogP contribution in [0.1, 0.15) is 12.8 Å². The van der Waals surface area contributed by atoms with Gasteiger partial charge in [0.15, 0.2) is 0 Å². The van der Waals surface area contributed by atoms with E-state index in [-0.39, 0.29) is 0 Å². The number of carbonyl (C=O) groups excluding carboxylic acids is 1. The van der Waals surface area contributed by atoms with Crippen molar-refractivity contribution >= 4 is 29.4 Å². The summed E-state index contributed by atoms with van der Waals surface area (Å²) in [4.78, 5) is 13.3. The van der Waals surface area contributed by atoms with Crippen LogP contribution in [-0.2, 0) is 14.3 Å². The highest BCUT2D eigenvalue weighted by molar-refractivity contribution is 7.99. The zero-order valence-corrected chi connectivity index (χ0v) is 13.4. The van der Waals surface area contributed by atoms with Crippen LogP contribution in [-0.4, -0.2) is 73.8 Å². The summed E-state index contributed by atoms with van der Waals surface area (Å²) in [7, 11) is 0. The lowest BCUT2D eigenvalue weighted by molar-refractivity contribution is -0.127. The second-order valence-electron chi connectivity index (χ2n) is 4.31. The molecule has 1 fully saturated rings. The number of amides is 1. The van der Waals surface area contributed by atoms with E-state index in [1.807, 2.05) is 16.7 Å². The van der Waals surface area contributed by atoms with Crippen molar-refractivity contribution in [3.8, 4) is 0 Å². The van der Waals surface area contributed by atoms with Crippen LogP contribution in [0.5, 0.6) is 0 Å². The molecule has 0 aromatic heterocycles. The standard InChI is InChI=1S/C13H25NO3S2/c1-18-11-8-16-6-7-17-9-12-19-10-5-14-4-2-3-13(14)15/h2-12H2,1H3. The third-order valence-electron chi connectivity index (χ3n) is 2.85. The summed E-state index contributed by atoms with van der Waals surface area (Å²) in [6, 6.07) is 0. The van der Waals surface area contributed by atoms with E-state index in [2.05, 4.69) is 6.26 Å². The topological polar surface area (TPSA) is 38.8 Å². The predicted molar refractivity (Wildman–Crippen MR) is 83.2 cm³/mol. The fourth-order valence-electron chi connectivity index (χ4n) is 1.80. The van der Waals surface area contributed by atoms with Gasteiger partial charge in [-0.25, -0.2) is 0 Å². The minimum atomic E-state index is 0.319. The Morgan fingerprint density at radius 1 is 1.11 bits per heavy atom. The lowest BCUT2D eigenvalue weighted by Crippen LogP contribution is -2.27. The average molecular weight is 307 g/mol. The van der Waals surface area contributed by atoms with E-state index < -0.39 is 0 Å². The van der Waals surface area contributed by atoms with Gasteiger partial charge in [0.25, 0.3) is 0 Å². The van der Waals surface area contributed by atoms with Crippen molar-refractivity contribution in [3.63, 3.8) is 0 Å². The van der Waals surface area contributed by atoms with Crippen molar-refractivity contribution in [3.05, 3.63) is 0 Å². The molecule has 4 nitrogen and oxygen atoms in total. The normalized spacial score (nSPS) is 15.4. The number of nitrogens with zero attached hydrogens (tertiary/aromatic N) is 1.